The minimum Gasteiger partial charge on any atom is -0.475 e. The van der Waals surface area contributed by atoms with E-state index in [2.05, 4.69) is 4.98 Å². The molecule has 0 unspecified atom stereocenters. The lowest BCUT2D eigenvalue weighted by Crippen LogP contribution is -1.99. The van der Waals surface area contributed by atoms with E-state index in [1.165, 1.54) is 19.1 Å². The summed E-state index contributed by atoms with van der Waals surface area (Å²) in [6.45, 7) is 1.50. The Bertz CT molecular complexity index is 726. The van der Waals surface area contributed by atoms with Crippen LogP contribution in [0.15, 0.2) is 22.6 Å². The molecular formula is C12H8F2N2O5. The molecular weight excluding hydrogens is 290 g/mol. The summed E-state index contributed by atoms with van der Waals surface area (Å²) >= 11 is 0. The monoisotopic (exact) mass is 298 g/mol. The van der Waals surface area contributed by atoms with Crippen molar-refractivity contribution in [3.05, 3.63) is 45.3 Å². The van der Waals surface area contributed by atoms with Crippen LogP contribution in [-0.2, 0) is 0 Å². The molecule has 7 nitrogen and oxygen atoms in total. The Hall–Kier alpha value is -2.84. The van der Waals surface area contributed by atoms with Crippen LogP contribution in [0.4, 0.5) is 14.5 Å². The quantitative estimate of drug-likeness (QED) is 0.686. The average Bonchev–Trinajstić information content (AvgIpc) is 2.84. The van der Waals surface area contributed by atoms with E-state index in [1.54, 1.807) is 0 Å². The van der Waals surface area contributed by atoms with Gasteiger partial charge in [0.2, 0.25) is 11.7 Å². The number of carbonyl (C=O) groups is 1. The van der Waals surface area contributed by atoms with Crippen LogP contribution in [0.2, 0.25) is 0 Å². The molecule has 0 bridgehead atoms. The lowest BCUT2D eigenvalue weighted by Gasteiger charge is -1.99. The second-order valence-corrected chi connectivity index (χ2v) is 4.10. The standard InChI is InChI=1S/C12H8F2N2O5/c1-5-2-3-6(4-7(5)16(19)20)11-15-8(10(13)14)9(21-11)12(17)18/h2-4,10H,1H3,(H,17,18). The molecule has 110 valence electrons. The first-order chi connectivity index (χ1) is 9.81. The van der Waals surface area contributed by atoms with Gasteiger partial charge >= 0.3 is 5.97 Å². The van der Waals surface area contributed by atoms with Crippen molar-refractivity contribution in [2.24, 2.45) is 0 Å². The third-order valence-corrected chi connectivity index (χ3v) is 2.71. The first kappa shape index (κ1) is 14.6. The molecule has 2 aromatic rings. The highest BCUT2D eigenvalue weighted by atomic mass is 19.3. The van der Waals surface area contributed by atoms with Gasteiger partial charge in [-0.3, -0.25) is 10.1 Å². The maximum Gasteiger partial charge on any atom is 0.374 e. The Balaban J connectivity index is 2.57. The molecule has 0 aliphatic carbocycles. The molecule has 0 spiro atoms. The first-order valence-electron chi connectivity index (χ1n) is 5.59. The number of alkyl halides is 2. The fourth-order valence-corrected chi connectivity index (χ4v) is 1.70. The highest BCUT2D eigenvalue weighted by molar-refractivity contribution is 5.86. The second-order valence-electron chi connectivity index (χ2n) is 4.10. The third kappa shape index (κ3) is 2.71. The molecule has 2 rings (SSSR count). The molecule has 1 heterocycles. The predicted octanol–water partition coefficient (Wildman–Crippen LogP) is 3.19. The van der Waals surface area contributed by atoms with Gasteiger partial charge in [0.15, 0.2) is 5.69 Å². The van der Waals surface area contributed by atoms with Gasteiger partial charge in [-0.05, 0) is 13.0 Å². The smallest absolute Gasteiger partial charge is 0.374 e. The Morgan fingerprint density at radius 2 is 2.14 bits per heavy atom. The van der Waals surface area contributed by atoms with Crippen LogP contribution in [-0.4, -0.2) is 21.0 Å². The maximum atomic E-state index is 12.7. The van der Waals surface area contributed by atoms with Crippen LogP contribution >= 0.6 is 0 Å². The fraction of sp³-hybridized carbons (Fsp3) is 0.167. The average molecular weight is 298 g/mol. The van der Waals surface area contributed by atoms with Crippen molar-refractivity contribution in [3.63, 3.8) is 0 Å². The summed E-state index contributed by atoms with van der Waals surface area (Å²) < 4.78 is 30.2. The Morgan fingerprint density at radius 1 is 1.48 bits per heavy atom. The van der Waals surface area contributed by atoms with Crippen LogP contribution in [0, 0.1) is 17.0 Å². The van der Waals surface area contributed by atoms with Gasteiger partial charge in [-0.25, -0.2) is 18.6 Å². The predicted molar refractivity (Wildman–Crippen MR) is 65.2 cm³/mol. The number of benzene rings is 1. The normalized spacial score (nSPS) is 10.9. The summed E-state index contributed by atoms with van der Waals surface area (Å²) in [7, 11) is 0. The number of oxazole rings is 1. The Morgan fingerprint density at radius 3 is 2.62 bits per heavy atom. The van der Waals surface area contributed by atoms with Crippen LogP contribution in [0.3, 0.4) is 0 Å². The van der Waals surface area contributed by atoms with E-state index in [4.69, 9.17) is 9.52 Å². The van der Waals surface area contributed by atoms with Crippen molar-refractivity contribution in [2.75, 3.05) is 0 Å². The number of carboxylic acids is 1. The molecule has 0 saturated heterocycles. The van der Waals surface area contributed by atoms with Crippen molar-refractivity contribution < 1.29 is 28.0 Å². The number of nitrogens with zero attached hydrogens (tertiary/aromatic N) is 2. The zero-order valence-corrected chi connectivity index (χ0v) is 10.5. The van der Waals surface area contributed by atoms with E-state index in [1.807, 2.05) is 0 Å². The van der Waals surface area contributed by atoms with Gasteiger partial charge < -0.3 is 9.52 Å². The molecule has 1 aromatic carbocycles. The molecule has 21 heavy (non-hydrogen) atoms. The molecule has 0 amide bonds. The van der Waals surface area contributed by atoms with Crippen LogP contribution in [0.25, 0.3) is 11.5 Å². The first-order valence-corrected chi connectivity index (χ1v) is 5.59. The number of rotatable bonds is 4. The molecule has 0 saturated carbocycles. The van der Waals surface area contributed by atoms with E-state index >= 15 is 0 Å². The van der Waals surface area contributed by atoms with Crippen molar-refractivity contribution >= 4 is 11.7 Å². The zero-order valence-electron chi connectivity index (χ0n) is 10.5. The van der Waals surface area contributed by atoms with Crippen molar-refractivity contribution in [3.8, 4) is 11.5 Å². The van der Waals surface area contributed by atoms with Gasteiger partial charge in [-0.1, -0.05) is 6.07 Å². The largest absolute Gasteiger partial charge is 0.475 e. The summed E-state index contributed by atoms with van der Waals surface area (Å²) in [5, 5.41) is 19.6. The van der Waals surface area contributed by atoms with Gasteiger partial charge in [0.25, 0.3) is 12.1 Å². The Kier molecular flexibility index (Phi) is 3.66. The lowest BCUT2D eigenvalue weighted by atomic mass is 10.1. The van der Waals surface area contributed by atoms with E-state index in [9.17, 15) is 23.7 Å². The summed E-state index contributed by atoms with van der Waals surface area (Å²) in [6, 6.07) is 3.84. The number of aryl methyl sites for hydroxylation is 1. The summed E-state index contributed by atoms with van der Waals surface area (Å²) in [4.78, 5) is 24.4. The van der Waals surface area contributed by atoms with E-state index in [-0.39, 0.29) is 11.3 Å². The van der Waals surface area contributed by atoms with Crippen molar-refractivity contribution in [2.45, 2.75) is 13.3 Å². The number of hydrogen-bond acceptors (Lipinski definition) is 5. The van der Waals surface area contributed by atoms with Gasteiger partial charge in [-0.15, -0.1) is 0 Å². The molecule has 0 aliphatic heterocycles. The van der Waals surface area contributed by atoms with Gasteiger partial charge in [-0.2, -0.15) is 0 Å². The summed E-state index contributed by atoms with van der Waals surface area (Å²) in [5.41, 5.74) is -0.855. The van der Waals surface area contributed by atoms with Gasteiger partial charge in [0, 0.05) is 17.2 Å². The second kappa shape index (κ2) is 5.27. The molecule has 0 fully saturated rings. The van der Waals surface area contributed by atoms with E-state index in [0.717, 1.165) is 6.07 Å². The number of carboxylic acid groups (broad SMARTS) is 1. The molecule has 0 atom stereocenters. The zero-order chi connectivity index (χ0) is 15.7. The third-order valence-electron chi connectivity index (χ3n) is 2.71. The Labute approximate surface area is 116 Å². The summed E-state index contributed by atoms with van der Waals surface area (Å²) in [6.07, 6.45) is -3.13. The number of halogens is 2. The highest BCUT2D eigenvalue weighted by Gasteiger charge is 2.27. The van der Waals surface area contributed by atoms with Gasteiger partial charge in [0.1, 0.15) is 0 Å². The molecule has 0 radical (unpaired) electrons. The fourth-order valence-electron chi connectivity index (χ4n) is 1.70. The molecule has 0 aliphatic rings. The highest BCUT2D eigenvalue weighted by Crippen LogP contribution is 2.31. The topological polar surface area (TPSA) is 106 Å². The summed E-state index contributed by atoms with van der Waals surface area (Å²) in [5.74, 6) is -3.08. The van der Waals surface area contributed by atoms with Crippen LogP contribution in [0.1, 0.15) is 28.2 Å². The minimum absolute atomic E-state index is 0.0432. The lowest BCUT2D eigenvalue weighted by molar-refractivity contribution is -0.385. The van der Waals surface area contributed by atoms with Crippen LogP contribution in [0.5, 0.6) is 0 Å². The number of nitro groups is 1. The van der Waals surface area contributed by atoms with Crippen molar-refractivity contribution in [1.82, 2.24) is 4.98 Å². The molecule has 1 aromatic heterocycles. The number of aromatic nitrogens is 1. The number of hydrogen-bond donors (Lipinski definition) is 1. The maximum absolute atomic E-state index is 12.7. The number of aromatic carboxylic acids is 1. The van der Waals surface area contributed by atoms with Crippen molar-refractivity contribution in [1.29, 1.82) is 0 Å². The van der Waals surface area contributed by atoms with E-state index in [0.29, 0.717) is 5.56 Å². The SMILES string of the molecule is Cc1ccc(-c2nc(C(F)F)c(C(=O)O)o2)cc1[N+](=O)[O-]. The van der Waals surface area contributed by atoms with Crippen LogP contribution < -0.4 is 0 Å². The molecule has 9 heteroatoms. The number of nitro benzene ring substituents is 1. The van der Waals surface area contributed by atoms with E-state index < -0.39 is 34.7 Å². The van der Waals surface area contributed by atoms with Gasteiger partial charge in [0.05, 0.1) is 4.92 Å². The minimum atomic E-state index is -3.13. The molecule has 1 N–H and O–H groups in total.